The van der Waals surface area contributed by atoms with Gasteiger partial charge in [-0.05, 0) is 60.4 Å². The number of methoxy groups -OCH3 is 4. The first kappa shape index (κ1) is 30.3. The standard InChI is InChI=1S/C31H33NO10S/c1-37-18-43(35,36)28-17-19(23-11-12-24(42-23)20-15-26(38-2)29(40-4)27(16-20)39-3)9-10-25(28)41-14-13-32-30(33)21-7-5-6-8-22(21)31(32)34/h5-10,15-17,23-24H,11-14,18H2,1-4H3/t23-,24-/m0/s1. The monoisotopic (exact) mass is 611 g/mol. The Bertz CT molecular complexity index is 1580. The predicted molar refractivity (Wildman–Crippen MR) is 155 cm³/mol. The second kappa shape index (κ2) is 12.6. The molecule has 0 N–H and O–H groups in total. The third kappa shape index (κ3) is 5.90. The number of nitrogens with zero attached hydrogens (tertiary/aromatic N) is 1. The van der Waals surface area contributed by atoms with Crippen LogP contribution in [0.5, 0.6) is 23.0 Å². The molecule has 2 aliphatic rings. The zero-order valence-corrected chi connectivity index (χ0v) is 25.1. The minimum Gasteiger partial charge on any atom is -0.493 e. The molecule has 2 atom stereocenters. The van der Waals surface area contributed by atoms with E-state index >= 15 is 0 Å². The third-order valence-electron chi connectivity index (χ3n) is 7.48. The van der Waals surface area contributed by atoms with Crippen molar-refractivity contribution >= 4 is 21.7 Å². The molecule has 3 aromatic carbocycles. The molecule has 3 aromatic rings. The van der Waals surface area contributed by atoms with Crippen molar-refractivity contribution in [3.05, 3.63) is 76.9 Å². The Kier molecular flexibility index (Phi) is 8.90. The summed E-state index contributed by atoms with van der Waals surface area (Å²) in [6.45, 7) is -0.135. The molecule has 0 aliphatic carbocycles. The van der Waals surface area contributed by atoms with Crippen molar-refractivity contribution in [3.63, 3.8) is 0 Å². The fourth-order valence-electron chi connectivity index (χ4n) is 5.41. The van der Waals surface area contributed by atoms with Crippen LogP contribution in [0.25, 0.3) is 0 Å². The zero-order valence-electron chi connectivity index (χ0n) is 24.3. The van der Waals surface area contributed by atoms with E-state index in [4.69, 9.17) is 28.4 Å². The summed E-state index contributed by atoms with van der Waals surface area (Å²) in [6.07, 6.45) is 0.661. The number of rotatable bonds is 12. The summed E-state index contributed by atoms with van der Waals surface area (Å²) in [4.78, 5) is 26.4. The molecule has 2 aliphatic heterocycles. The average molecular weight is 612 g/mol. The Balaban J connectivity index is 1.34. The van der Waals surface area contributed by atoms with Gasteiger partial charge in [-0.15, -0.1) is 0 Å². The van der Waals surface area contributed by atoms with Gasteiger partial charge in [0.15, 0.2) is 17.4 Å². The average Bonchev–Trinajstić information content (AvgIpc) is 3.60. The van der Waals surface area contributed by atoms with Crippen LogP contribution in [0, 0.1) is 0 Å². The number of carbonyl (C=O) groups is 2. The summed E-state index contributed by atoms with van der Waals surface area (Å²) < 4.78 is 59.9. The van der Waals surface area contributed by atoms with Crippen LogP contribution in [0.15, 0.2) is 59.5 Å². The van der Waals surface area contributed by atoms with Gasteiger partial charge in [-0.25, -0.2) is 8.42 Å². The van der Waals surface area contributed by atoms with E-state index < -0.39 is 27.6 Å². The van der Waals surface area contributed by atoms with Gasteiger partial charge < -0.3 is 28.4 Å². The zero-order chi connectivity index (χ0) is 30.7. The number of carbonyl (C=O) groups excluding carboxylic acids is 2. The molecular weight excluding hydrogens is 578 g/mol. The van der Waals surface area contributed by atoms with Gasteiger partial charge in [0.05, 0.1) is 51.2 Å². The van der Waals surface area contributed by atoms with Crippen LogP contribution in [-0.2, 0) is 19.3 Å². The van der Waals surface area contributed by atoms with Crippen molar-refractivity contribution in [3.8, 4) is 23.0 Å². The second-order valence-electron chi connectivity index (χ2n) is 10.0. The van der Waals surface area contributed by atoms with Crippen LogP contribution >= 0.6 is 0 Å². The molecule has 11 nitrogen and oxygen atoms in total. The number of hydrogen-bond acceptors (Lipinski definition) is 10. The molecule has 0 bridgehead atoms. The molecule has 0 aromatic heterocycles. The molecule has 43 heavy (non-hydrogen) atoms. The molecule has 0 radical (unpaired) electrons. The molecule has 1 fully saturated rings. The predicted octanol–water partition coefficient (Wildman–Crippen LogP) is 4.36. The summed E-state index contributed by atoms with van der Waals surface area (Å²) in [5.74, 6) is 0.231. The summed E-state index contributed by atoms with van der Waals surface area (Å²) in [5, 5.41) is 0. The molecular formula is C31H33NO10S. The van der Waals surface area contributed by atoms with Crippen LogP contribution in [-0.4, -0.2) is 72.7 Å². The maximum atomic E-state index is 13.2. The van der Waals surface area contributed by atoms with Crippen molar-refractivity contribution in [2.75, 3.05) is 47.5 Å². The lowest BCUT2D eigenvalue weighted by Crippen LogP contribution is -2.33. The van der Waals surface area contributed by atoms with E-state index in [1.807, 2.05) is 12.1 Å². The first-order chi connectivity index (χ1) is 20.7. The molecule has 2 amide bonds. The number of sulfone groups is 1. The molecule has 5 rings (SSSR count). The summed E-state index contributed by atoms with van der Waals surface area (Å²) >= 11 is 0. The maximum absolute atomic E-state index is 13.2. The molecule has 0 spiro atoms. The molecule has 0 unspecified atom stereocenters. The molecule has 12 heteroatoms. The molecule has 228 valence electrons. The maximum Gasteiger partial charge on any atom is 0.261 e. The topological polar surface area (TPSA) is 127 Å². The fourth-order valence-corrected chi connectivity index (χ4v) is 6.60. The Morgan fingerprint density at radius 3 is 1.95 bits per heavy atom. The quantitative estimate of drug-likeness (QED) is 0.273. The highest BCUT2D eigenvalue weighted by Gasteiger charge is 2.35. The first-order valence-corrected chi connectivity index (χ1v) is 15.3. The molecule has 1 saturated heterocycles. The van der Waals surface area contributed by atoms with Crippen LogP contribution in [0.1, 0.15) is 56.9 Å². The number of amides is 2. The van der Waals surface area contributed by atoms with Crippen LogP contribution < -0.4 is 18.9 Å². The number of imide groups is 1. The van der Waals surface area contributed by atoms with E-state index in [-0.39, 0.29) is 36.0 Å². The number of ether oxygens (including phenoxy) is 6. The van der Waals surface area contributed by atoms with E-state index in [0.29, 0.717) is 46.8 Å². The van der Waals surface area contributed by atoms with Gasteiger partial charge in [0.25, 0.3) is 11.8 Å². The minimum absolute atomic E-state index is 0.0416. The van der Waals surface area contributed by atoms with Crippen molar-refractivity contribution in [1.82, 2.24) is 4.90 Å². The highest BCUT2D eigenvalue weighted by molar-refractivity contribution is 7.91. The fraction of sp³-hybridized carbons (Fsp3) is 0.355. The first-order valence-electron chi connectivity index (χ1n) is 13.6. The third-order valence-corrected chi connectivity index (χ3v) is 9.01. The second-order valence-corrected chi connectivity index (χ2v) is 11.9. The highest BCUT2D eigenvalue weighted by Crippen LogP contribution is 2.46. The van der Waals surface area contributed by atoms with Crippen LogP contribution in [0.4, 0.5) is 0 Å². The van der Waals surface area contributed by atoms with Crippen molar-refractivity contribution in [2.24, 2.45) is 0 Å². The SMILES string of the molecule is COCS(=O)(=O)c1cc([C@@H]2CC[C@@H](c3cc(OC)c(OC)c(OC)c3)O2)ccc1OCCN1C(=O)c2ccccc2C1=O. The van der Waals surface area contributed by atoms with Crippen LogP contribution in [0.3, 0.4) is 0 Å². The highest BCUT2D eigenvalue weighted by atomic mass is 32.2. The van der Waals surface area contributed by atoms with Gasteiger partial charge in [0.2, 0.25) is 15.6 Å². The Morgan fingerprint density at radius 2 is 1.40 bits per heavy atom. The summed E-state index contributed by atoms with van der Waals surface area (Å²) in [7, 11) is 2.03. The minimum atomic E-state index is -3.90. The lowest BCUT2D eigenvalue weighted by molar-refractivity contribution is 0.0436. The smallest absolute Gasteiger partial charge is 0.261 e. The molecule has 0 saturated carbocycles. The van der Waals surface area contributed by atoms with E-state index in [2.05, 4.69) is 0 Å². The Labute approximate surface area is 250 Å². The number of benzene rings is 3. The van der Waals surface area contributed by atoms with Crippen molar-refractivity contribution in [1.29, 1.82) is 0 Å². The van der Waals surface area contributed by atoms with Gasteiger partial charge >= 0.3 is 0 Å². The Hall–Kier alpha value is -4.13. The largest absolute Gasteiger partial charge is 0.493 e. The van der Waals surface area contributed by atoms with E-state index in [1.165, 1.54) is 20.3 Å². The van der Waals surface area contributed by atoms with Gasteiger partial charge in [0.1, 0.15) is 17.3 Å². The molecule has 2 heterocycles. The number of fused-ring (bicyclic) bond motifs is 1. The lowest BCUT2D eigenvalue weighted by Gasteiger charge is -2.20. The van der Waals surface area contributed by atoms with Gasteiger partial charge in [-0.3, -0.25) is 14.5 Å². The summed E-state index contributed by atoms with van der Waals surface area (Å²) in [6, 6.07) is 15.1. The van der Waals surface area contributed by atoms with E-state index in [9.17, 15) is 18.0 Å². The van der Waals surface area contributed by atoms with Gasteiger partial charge in [0, 0.05) is 7.11 Å². The van der Waals surface area contributed by atoms with Crippen LogP contribution in [0.2, 0.25) is 0 Å². The number of hydrogen-bond donors (Lipinski definition) is 0. The Morgan fingerprint density at radius 1 is 0.791 bits per heavy atom. The van der Waals surface area contributed by atoms with Gasteiger partial charge in [-0.1, -0.05) is 18.2 Å². The van der Waals surface area contributed by atoms with Gasteiger partial charge in [-0.2, -0.15) is 0 Å². The van der Waals surface area contributed by atoms with Crippen molar-refractivity contribution < 1.29 is 46.4 Å². The normalized spacial score (nSPS) is 18.1. The van der Waals surface area contributed by atoms with Crippen molar-refractivity contribution in [2.45, 2.75) is 29.9 Å². The van der Waals surface area contributed by atoms with E-state index in [1.54, 1.807) is 50.6 Å². The summed E-state index contributed by atoms with van der Waals surface area (Å²) in [5.41, 5.74) is 2.18. The van der Waals surface area contributed by atoms with E-state index in [0.717, 1.165) is 10.5 Å². The lowest BCUT2D eigenvalue weighted by atomic mass is 10.0.